The number of fused-ring (bicyclic) bond motifs is 3. The molecule has 0 spiro atoms. The van der Waals surface area contributed by atoms with Gasteiger partial charge >= 0.3 is 0 Å². The van der Waals surface area contributed by atoms with Crippen molar-refractivity contribution < 1.29 is 9.47 Å². The number of nitrogen functional groups attached to an aromatic ring is 1. The van der Waals surface area contributed by atoms with Crippen molar-refractivity contribution in [3.8, 4) is 11.5 Å². The number of nitrogens with two attached hydrogens (primary N) is 1. The van der Waals surface area contributed by atoms with Crippen LogP contribution in [0.2, 0.25) is 0 Å². The molecular weight excluding hydrogens is 536 g/mol. The first-order chi connectivity index (χ1) is 20.0. The molecule has 0 saturated carbocycles. The molecule has 4 heterocycles. The second-order valence-electron chi connectivity index (χ2n) is 10.9. The number of aromatic nitrogens is 3. The van der Waals surface area contributed by atoms with Crippen LogP contribution in [0.1, 0.15) is 26.2 Å². The average Bonchev–Trinajstić information content (AvgIpc) is 3.58. The van der Waals surface area contributed by atoms with Crippen LogP contribution >= 0.6 is 12.2 Å². The first kappa shape index (κ1) is 27.3. The molecule has 1 unspecified atom stereocenters. The SMILES string of the molecule is COc1cc2c(cc1OCCCN1CCCC1C)[nH]c1ncnc(N3CCN(C(=S)Nc4ccc(N)cc4)CC3)c12. The second-order valence-corrected chi connectivity index (χ2v) is 11.2. The Labute approximate surface area is 245 Å². The van der Waals surface area contributed by atoms with Crippen LogP contribution in [0.3, 0.4) is 0 Å². The Hall–Kier alpha value is -3.83. The number of aromatic amines is 1. The van der Waals surface area contributed by atoms with E-state index < -0.39 is 0 Å². The zero-order chi connectivity index (χ0) is 28.3. The molecule has 0 bridgehead atoms. The Kier molecular flexibility index (Phi) is 7.97. The minimum absolute atomic E-state index is 0.649. The van der Waals surface area contributed by atoms with Gasteiger partial charge in [-0.2, -0.15) is 0 Å². The van der Waals surface area contributed by atoms with Crippen LogP contribution in [-0.2, 0) is 0 Å². The Morgan fingerprint density at radius 1 is 1.10 bits per heavy atom. The summed E-state index contributed by atoms with van der Waals surface area (Å²) < 4.78 is 12.0. The molecule has 216 valence electrons. The van der Waals surface area contributed by atoms with Crippen LogP contribution in [0, 0.1) is 0 Å². The predicted molar refractivity (Wildman–Crippen MR) is 169 cm³/mol. The first-order valence-corrected chi connectivity index (χ1v) is 14.8. The molecule has 2 aliphatic heterocycles. The number of nitrogens with zero attached hydrogens (tertiary/aromatic N) is 5. The number of anilines is 3. The number of ether oxygens (including phenoxy) is 2. The third-order valence-electron chi connectivity index (χ3n) is 8.22. The number of H-pyrrole nitrogens is 1. The highest BCUT2D eigenvalue weighted by Gasteiger charge is 2.24. The summed E-state index contributed by atoms with van der Waals surface area (Å²) in [5, 5.41) is 6.04. The summed E-state index contributed by atoms with van der Waals surface area (Å²) in [6, 6.07) is 12.3. The molecule has 41 heavy (non-hydrogen) atoms. The molecule has 0 aliphatic carbocycles. The number of methoxy groups -OCH3 is 1. The number of benzene rings is 2. The van der Waals surface area contributed by atoms with E-state index in [0.29, 0.717) is 23.5 Å². The van der Waals surface area contributed by atoms with Gasteiger partial charge in [-0.3, -0.25) is 0 Å². The number of piperazine rings is 1. The van der Waals surface area contributed by atoms with Crippen molar-refractivity contribution in [1.82, 2.24) is 24.8 Å². The number of thiocarbonyl (C=S) groups is 1. The van der Waals surface area contributed by atoms with Gasteiger partial charge in [0.15, 0.2) is 16.6 Å². The van der Waals surface area contributed by atoms with Gasteiger partial charge in [-0.25, -0.2) is 9.97 Å². The molecule has 2 aromatic carbocycles. The van der Waals surface area contributed by atoms with Gasteiger partial charge in [-0.1, -0.05) is 0 Å². The van der Waals surface area contributed by atoms with Crippen molar-refractivity contribution in [2.24, 2.45) is 0 Å². The summed E-state index contributed by atoms with van der Waals surface area (Å²) in [6.45, 7) is 8.36. The third kappa shape index (κ3) is 5.82. The molecule has 0 amide bonds. The van der Waals surface area contributed by atoms with Crippen molar-refractivity contribution in [3.05, 3.63) is 42.7 Å². The maximum Gasteiger partial charge on any atom is 0.173 e. The van der Waals surface area contributed by atoms with Crippen LogP contribution in [0.5, 0.6) is 11.5 Å². The summed E-state index contributed by atoms with van der Waals surface area (Å²) in [6.07, 6.45) is 5.20. The summed E-state index contributed by atoms with van der Waals surface area (Å²) in [4.78, 5) is 19.8. The molecule has 1 atom stereocenters. The molecule has 2 aliphatic rings. The van der Waals surface area contributed by atoms with Crippen molar-refractivity contribution >= 4 is 56.5 Å². The lowest BCUT2D eigenvalue weighted by Crippen LogP contribution is -2.50. The molecule has 10 nitrogen and oxygen atoms in total. The molecule has 6 rings (SSSR count). The summed E-state index contributed by atoms with van der Waals surface area (Å²) in [7, 11) is 1.69. The predicted octanol–water partition coefficient (Wildman–Crippen LogP) is 4.47. The molecule has 2 fully saturated rings. The van der Waals surface area contributed by atoms with Gasteiger partial charge in [-0.05, 0) is 75.3 Å². The van der Waals surface area contributed by atoms with E-state index in [4.69, 9.17) is 32.4 Å². The van der Waals surface area contributed by atoms with Gasteiger partial charge in [0.2, 0.25) is 0 Å². The van der Waals surface area contributed by atoms with Gasteiger partial charge in [0, 0.05) is 61.6 Å². The summed E-state index contributed by atoms with van der Waals surface area (Å²) in [5.41, 5.74) is 9.22. The Bertz CT molecular complexity index is 1520. The number of hydrogen-bond acceptors (Lipinski definition) is 8. The van der Waals surface area contributed by atoms with E-state index >= 15 is 0 Å². The largest absolute Gasteiger partial charge is 0.493 e. The van der Waals surface area contributed by atoms with E-state index in [-0.39, 0.29) is 0 Å². The fourth-order valence-corrected chi connectivity index (χ4v) is 6.19. The first-order valence-electron chi connectivity index (χ1n) is 14.4. The summed E-state index contributed by atoms with van der Waals surface area (Å²) in [5.74, 6) is 2.37. The van der Waals surface area contributed by atoms with Crippen LogP contribution in [0.4, 0.5) is 17.2 Å². The minimum atomic E-state index is 0.649. The Balaban J connectivity index is 1.15. The fraction of sp³-hybridized carbons (Fsp3) is 0.433. The number of nitrogens with one attached hydrogen (secondary N) is 2. The van der Waals surface area contributed by atoms with Crippen LogP contribution in [-0.4, -0.2) is 88.9 Å². The van der Waals surface area contributed by atoms with Gasteiger partial charge in [0.25, 0.3) is 0 Å². The normalized spacial score (nSPS) is 17.9. The lowest BCUT2D eigenvalue weighted by molar-refractivity contribution is 0.226. The highest BCUT2D eigenvalue weighted by Crippen LogP contribution is 2.38. The molecule has 0 radical (unpaired) electrons. The van der Waals surface area contributed by atoms with Crippen molar-refractivity contribution in [2.45, 2.75) is 32.2 Å². The minimum Gasteiger partial charge on any atom is -0.493 e. The van der Waals surface area contributed by atoms with Crippen molar-refractivity contribution in [3.63, 3.8) is 0 Å². The number of hydrogen-bond donors (Lipinski definition) is 3. The molecule has 11 heteroatoms. The van der Waals surface area contributed by atoms with E-state index in [1.807, 2.05) is 36.4 Å². The van der Waals surface area contributed by atoms with Gasteiger partial charge < -0.3 is 40.2 Å². The van der Waals surface area contributed by atoms with Crippen molar-refractivity contribution in [1.29, 1.82) is 0 Å². The molecule has 4 N–H and O–H groups in total. The van der Waals surface area contributed by atoms with Crippen molar-refractivity contribution in [2.75, 3.05) is 68.9 Å². The van der Waals surface area contributed by atoms with Crippen LogP contribution in [0.25, 0.3) is 21.9 Å². The van der Waals surface area contributed by atoms with Gasteiger partial charge in [-0.15, -0.1) is 0 Å². The van der Waals surface area contributed by atoms with Gasteiger partial charge in [0.05, 0.1) is 24.6 Å². The Morgan fingerprint density at radius 3 is 2.63 bits per heavy atom. The second kappa shape index (κ2) is 12.0. The molecule has 2 aromatic heterocycles. The number of rotatable bonds is 8. The maximum absolute atomic E-state index is 6.21. The van der Waals surface area contributed by atoms with Crippen LogP contribution in [0.15, 0.2) is 42.7 Å². The fourth-order valence-electron chi connectivity index (χ4n) is 5.89. The lowest BCUT2D eigenvalue weighted by Gasteiger charge is -2.37. The smallest absolute Gasteiger partial charge is 0.173 e. The van der Waals surface area contributed by atoms with E-state index in [1.165, 1.54) is 19.4 Å². The molecule has 2 saturated heterocycles. The van der Waals surface area contributed by atoms with E-state index in [0.717, 1.165) is 84.0 Å². The standard InChI is InChI=1S/C30H38N8O2S/c1-20-5-3-10-36(20)11-4-16-40-26-18-24-23(17-25(26)39-2)27-28(35-24)32-19-33-29(27)37-12-14-38(15-13-37)30(41)34-22-8-6-21(31)7-9-22/h6-9,17-20H,3-5,10-16,31H2,1-2H3,(H,34,41)(H,32,33,35). The van der Waals surface area contributed by atoms with E-state index in [2.05, 4.69) is 36.9 Å². The quantitative estimate of drug-likeness (QED) is 0.158. The zero-order valence-electron chi connectivity index (χ0n) is 23.7. The Morgan fingerprint density at radius 2 is 1.90 bits per heavy atom. The van der Waals surface area contributed by atoms with E-state index in [9.17, 15) is 0 Å². The van der Waals surface area contributed by atoms with Gasteiger partial charge in [0.1, 0.15) is 17.8 Å². The zero-order valence-corrected chi connectivity index (χ0v) is 24.5. The molecular formula is C30H38N8O2S. The summed E-state index contributed by atoms with van der Waals surface area (Å²) >= 11 is 5.69. The van der Waals surface area contributed by atoms with E-state index in [1.54, 1.807) is 13.4 Å². The molecule has 4 aromatic rings. The number of likely N-dealkylation sites (tertiary alicyclic amines) is 1. The van der Waals surface area contributed by atoms with Crippen LogP contribution < -0.4 is 25.4 Å². The monoisotopic (exact) mass is 574 g/mol. The topological polar surface area (TPSA) is 108 Å². The highest BCUT2D eigenvalue weighted by atomic mass is 32.1. The highest BCUT2D eigenvalue weighted by molar-refractivity contribution is 7.80. The lowest BCUT2D eigenvalue weighted by atomic mass is 10.1. The third-order valence-corrected chi connectivity index (χ3v) is 8.58. The maximum atomic E-state index is 6.21. The average molecular weight is 575 g/mol.